The van der Waals surface area contributed by atoms with Crippen molar-refractivity contribution >= 4 is 53.3 Å². The zero-order chi connectivity index (χ0) is 21.1. The Balaban J connectivity index is 1.78. The van der Waals surface area contributed by atoms with Crippen molar-refractivity contribution < 1.29 is 33.8 Å². The third-order valence-electron chi connectivity index (χ3n) is 4.25. The smallest absolute Gasteiger partial charge is 0.352 e. The lowest BCUT2D eigenvalue weighted by atomic mass is 10.0. The molecule has 3 atom stereocenters. The molecular formula is C17H17N3O7S2. The van der Waals surface area contributed by atoms with E-state index in [1.54, 1.807) is 6.07 Å². The summed E-state index contributed by atoms with van der Waals surface area (Å²) in [5.74, 6) is -2.94. The van der Waals surface area contributed by atoms with Gasteiger partial charge in [-0.2, -0.15) is 0 Å². The summed E-state index contributed by atoms with van der Waals surface area (Å²) < 4.78 is 4.98. The number of fused-ring (bicyclic) bond motifs is 1. The van der Waals surface area contributed by atoms with Crippen LogP contribution in [0.25, 0.3) is 0 Å². The van der Waals surface area contributed by atoms with Crippen LogP contribution in [0.3, 0.4) is 0 Å². The number of carbonyl (C=O) groups excluding carboxylic acids is 4. The number of β-lactam (4-membered cyclic amide) rings is 1. The fraction of sp³-hybridized carbons (Fsp3) is 0.353. The van der Waals surface area contributed by atoms with Crippen LogP contribution in [0.5, 0.6) is 0 Å². The number of esters is 1. The molecule has 1 aromatic heterocycles. The summed E-state index contributed by atoms with van der Waals surface area (Å²) >= 11 is 2.63. The van der Waals surface area contributed by atoms with Gasteiger partial charge in [0.25, 0.3) is 5.91 Å². The molecule has 0 bridgehead atoms. The fourth-order valence-electron chi connectivity index (χ4n) is 3.07. The van der Waals surface area contributed by atoms with E-state index in [0.29, 0.717) is 0 Å². The Morgan fingerprint density at radius 1 is 1.45 bits per heavy atom. The highest BCUT2D eigenvalue weighted by atomic mass is 32.2. The molecule has 0 radical (unpaired) electrons. The number of thioether (sulfide) groups is 1. The second-order valence-corrected chi connectivity index (χ2v) is 8.30. The Labute approximate surface area is 173 Å². The van der Waals surface area contributed by atoms with Gasteiger partial charge >= 0.3 is 11.9 Å². The van der Waals surface area contributed by atoms with E-state index in [9.17, 15) is 29.1 Å². The van der Waals surface area contributed by atoms with Crippen molar-refractivity contribution in [2.75, 3.05) is 5.75 Å². The Morgan fingerprint density at radius 2 is 2.21 bits per heavy atom. The van der Waals surface area contributed by atoms with E-state index in [0.717, 1.165) is 16.7 Å². The molecule has 1 saturated heterocycles. The lowest BCUT2D eigenvalue weighted by Crippen LogP contribution is -2.71. The number of carbonyl (C=O) groups is 5. The highest BCUT2D eigenvalue weighted by Crippen LogP contribution is 2.41. The van der Waals surface area contributed by atoms with E-state index < -0.39 is 35.5 Å². The molecule has 3 rings (SSSR count). The Kier molecular flexibility index (Phi) is 6.23. The number of carboxylic acid groups (broad SMARTS) is 1. The Bertz CT molecular complexity index is 884. The van der Waals surface area contributed by atoms with Gasteiger partial charge in [0.15, 0.2) is 0 Å². The van der Waals surface area contributed by atoms with Gasteiger partial charge in [0, 0.05) is 23.1 Å². The van der Waals surface area contributed by atoms with Crippen LogP contribution in [0.4, 0.5) is 0 Å². The molecule has 0 spiro atoms. The van der Waals surface area contributed by atoms with Crippen LogP contribution in [0.2, 0.25) is 0 Å². The molecule has 3 N–H and O–H groups in total. The number of thiophene rings is 1. The zero-order valence-electron chi connectivity index (χ0n) is 15.1. The summed E-state index contributed by atoms with van der Waals surface area (Å²) in [6.45, 7) is 1.12. The molecule has 3 heterocycles. The zero-order valence-corrected chi connectivity index (χ0v) is 16.7. The predicted octanol–water partition coefficient (Wildman–Crippen LogP) is -0.336. The Morgan fingerprint density at radius 3 is 2.79 bits per heavy atom. The van der Waals surface area contributed by atoms with Gasteiger partial charge < -0.3 is 20.5 Å². The number of rotatable bonds is 8. The number of carboxylic acids is 1. The number of hydrogen-bond donors (Lipinski definition) is 3. The average Bonchev–Trinajstić information content (AvgIpc) is 3.17. The summed E-state index contributed by atoms with van der Waals surface area (Å²) in [4.78, 5) is 60.7. The first-order valence-corrected chi connectivity index (χ1v) is 10.4. The van der Waals surface area contributed by atoms with Crippen molar-refractivity contribution in [2.45, 2.75) is 31.0 Å². The number of amides is 3. The van der Waals surface area contributed by atoms with Crippen molar-refractivity contribution in [3.8, 4) is 0 Å². The van der Waals surface area contributed by atoms with Crippen LogP contribution in [-0.4, -0.2) is 63.6 Å². The second-order valence-electron chi connectivity index (χ2n) is 6.16. The fourth-order valence-corrected chi connectivity index (χ4v) is 5.15. The largest absolute Gasteiger partial charge is 0.477 e. The van der Waals surface area contributed by atoms with Crippen molar-refractivity contribution in [3.63, 3.8) is 0 Å². The summed E-state index contributed by atoms with van der Waals surface area (Å²) in [6, 6.07) is 2.77. The van der Waals surface area contributed by atoms with Crippen molar-refractivity contribution in [1.82, 2.24) is 15.5 Å². The molecule has 29 heavy (non-hydrogen) atoms. The SMILES string of the molecule is CC(=O)OC(NC=O)C1=C(C(=O)O)N2C(=O)[C@@H](NC(=O)Cc3cccs3)[C@H]2SC1. The maximum atomic E-state index is 12.6. The summed E-state index contributed by atoms with van der Waals surface area (Å²) in [7, 11) is 0. The molecule has 3 amide bonds. The number of nitrogens with one attached hydrogen (secondary N) is 2. The molecule has 0 aliphatic carbocycles. The first-order chi connectivity index (χ1) is 13.8. The molecule has 2 aliphatic heterocycles. The molecule has 1 fully saturated rings. The molecule has 10 nitrogen and oxygen atoms in total. The van der Waals surface area contributed by atoms with Crippen LogP contribution in [-0.2, 0) is 35.1 Å². The van der Waals surface area contributed by atoms with E-state index in [-0.39, 0.29) is 35.8 Å². The minimum absolute atomic E-state index is 0.0813. The quantitative estimate of drug-likeness (QED) is 0.216. The molecule has 1 aromatic rings. The van der Waals surface area contributed by atoms with E-state index in [1.807, 2.05) is 11.4 Å². The molecule has 2 aliphatic rings. The molecular weight excluding hydrogens is 422 g/mol. The molecule has 0 saturated carbocycles. The van der Waals surface area contributed by atoms with Gasteiger partial charge in [-0.05, 0) is 11.4 Å². The van der Waals surface area contributed by atoms with Gasteiger partial charge in [-0.25, -0.2) is 4.79 Å². The van der Waals surface area contributed by atoms with Crippen molar-refractivity contribution in [1.29, 1.82) is 0 Å². The lowest BCUT2D eigenvalue weighted by Gasteiger charge is -2.49. The minimum Gasteiger partial charge on any atom is -0.477 e. The number of ether oxygens (including phenoxy) is 1. The number of hydrogen-bond acceptors (Lipinski definition) is 8. The van der Waals surface area contributed by atoms with Gasteiger partial charge in [0.05, 0.1) is 6.42 Å². The van der Waals surface area contributed by atoms with Gasteiger partial charge in [0.1, 0.15) is 17.1 Å². The lowest BCUT2D eigenvalue weighted by molar-refractivity contribution is -0.151. The average molecular weight is 439 g/mol. The van der Waals surface area contributed by atoms with Crippen molar-refractivity contribution in [2.24, 2.45) is 0 Å². The van der Waals surface area contributed by atoms with E-state index in [2.05, 4.69) is 10.6 Å². The first kappa shape index (κ1) is 20.9. The third kappa shape index (κ3) is 4.27. The maximum Gasteiger partial charge on any atom is 0.352 e. The number of nitrogens with zero attached hydrogens (tertiary/aromatic N) is 1. The van der Waals surface area contributed by atoms with Crippen molar-refractivity contribution in [3.05, 3.63) is 33.7 Å². The maximum absolute atomic E-state index is 12.6. The minimum atomic E-state index is -1.40. The summed E-state index contributed by atoms with van der Waals surface area (Å²) in [5, 5.41) is 15.8. The monoisotopic (exact) mass is 439 g/mol. The normalized spacial score (nSPS) is 21.6. The number of aliphatic carboxylic acids is 1. The second kappa shape index (κ2) is 8.66. The van der Waals surface area contributed by atoms with Gasteiger partial charge in [-0.1, -0.05) is 6.07 Å². The third-order valence-corrected chi connectivity index (χ3v) is 6.43. The van der Waals surface area contributed by atoms with E-state index >= 15 is 0 Å². The van der Waals surface area contributed by atoms with Crippen LogP contribution in [0.15, 0.2) is 28.8 Å². The van der Waals surface area contributed by atoms with Gasteiger partial charge in [-0.15, -0.1) is 23.1 Å². The molecule has 0 aromatic carbocycles. The Hall–Kier alpha value is -2.86. The van der Waals surface area contributed by atoms with Crippen LogP contribution >= 0.6 is 23.1 Å². The predicted molar refractivity (Wildman–Crippen MR) is 102 cm³/mol. The molecule has 154 valence electrons. The highest BCUT2D eigenvalue weighted by molar-refractivity contribution is 8.00. The van der Waals surface area contributed by atoms with E-state index in [1.165, 1.54) is 23.1 Å². The first-order valence-electron chi connectivity index (χ1n) is 8.43. The topological polar surface area (TPSA) is 142 Å². The van der Waals surface area contributed by atoms with Gasteiger partial charge in [-0.3, -0.25) is 24.1 Å². The standard InChI is InChI=1S/C17H17N3O7S2/c1-8(22)27-14(18-7-21)10-6-29-16-12(15(24)20(16)13(10)17(25)26)19-11(23)5-9-3-2-4-28-9/h2-4,7,12,14,16H,5-6H2,1H3,(H,18,21)(H,19,23)(H,25,26)/t12-,14?,16-/m1/s1. The highest BCUT2D eigenvalue weighted by Gasteiger charge is 2.55. The summed E-state index contributed by atoms with van der Waals surface area (Å²) in [6.07, 6.45) is -0.893. The van der Waals surface area contributed by atoms with Crippen LogP contribution in [0, 0.1) is 0 Å². The van der Waals surface area contributed by atoms with Gasteiger partial charge in [0.2, 0.25) is 18.5 Å². The molecule has 1 unspecified atom stereocenters. The van der Waals surface area contributed by atoms with Crippen LogP contribution in [0.1, 0.15) is 11.8 Å². The summed E-state index contributed by atoms with van der Waals surface area (Å²) in [5.41, 5.74) is -0.277. The van der Waals surface area contributed by atoms with Crippen LogP contribution < -0.4 is 10.6 Å². The van der Waals surface area contributed by atoms with E-state index in [4.69, 9.17) is 4.74 Å². The molecule has 12 heteroatoms.